The Morgan fingerprint density at radius 3 is 2.52 bits per heavy atom. The highest BCUT2D eigenvalue weighted by molar-refractivity contribution is 8.16. The van der Waals surface area contributed by atoms with Crippen LogP contribution in [0.2, 0.25) is 0 Å². The van der Waals surface area contributed by atoms with Crippen molar-refractivity contribution in [2.24, 2.45) is 0 Å². The molecule has 0 bridgehead atoms. The predicted octanol–water partition coefficient (Wildman–Crippen LogP) is 5.34. The summed E-state index contributed by atoms with van der Waals surface area (Å²) in [6, 6.07) is 9.86. The molecule has 1 aromatic carbocycles. The van der Waals surface area contributed by atoms with E-state index in [1.807, 2.05) is 42.5 Å². The molecule has 4 heteroatoms. The van der Waals surface area contributed by atoms with E-state index in [9.17, 15) is 9.59 Å². The Balaban J connectivity index is 2.08. The van der Waals surface area contributed by atoms with E-state index in [0.29, 0.717) is 13.0 Å². The van der Waals surface area contributed by atoms with E-state index >= 15 is 0 Å². The van der Waals surface area contributed by atoms with Crippen LogP contribution >= 0.6 is 11.8 Å². The van der Waals surface area contributed by atoms with E-state index < -0.39 is 0 Å². The molecule has 0 fully saturated rings. The molecule has 0 unspecified atom stereocenters. The van der Waals surface area contributed by atoms with Gasteiger partial charge >= 0.3 is 0 Å². The Hall–Kier alpha value is -1.81. The van der Waals surface area contributed by atoms with Crippen LogP contribution in [0, 0.1) is 0 Å². The lowest BCUT2D eigenvalue weighted by Crippen LogP contribution is -2.21. The van der Waals surface area contributed by atoms with Crippen LogP contribution in [0.15, 0.2) is 47.9 Å². The Kier molecular flexibility index (Phi) is 12.3. The van der Waals surface area contributed by atoms with Crippen LogP contribution in [-0.2, 0) is 9.59 Å². The number of thioether (sulfide) groups is 1. The lowest BCUT2D eigenvalue weighted by Gasteiger charge is -2.02. The molecule has 1 aromatic rings. The zero-order chi connectivity index (χ0) is 18.2. The van der Waals surface area contributed by atoms with Crippen molar-refractivity contribution in [2.75, 3.05) is 6.54 Å². The van der Waals surface area contributed by atoms with Crippen molar-refractivity contribution in [3.8, 4) is 0 Å². The molecule has 1 amide bonds. The average Bonchev–Trinajstić information content (AvgIpc) is 2.62. The summed E-state index contributed by atoms with van der Waals surface area (Å²) < 4.78 is 0. The van der Waals surface area contributed by atoms with E-state index in [1.54, 1.807) is 5.41 Å². The summed E-state index contributed by atoms with van der Waals surface area (Å²) in [6.45, 7) is 2.91. The van der Waals surface area contributed by atoms with Gasteiger partial charge in [-0.1, -0.05) is 93.3 Å². The lowest BCUT2D eigenvalue weighted by molar-refractivity contribution is -0.116. The highest BCUT2D eigenvalue weighted by Crippen LogP contribution is 2.09. The van der Waals surface area contributed by atoms with Gasteiger partial charge in [0, 0.05) is 19.0 Å². The monoisotopic (exact) mass is 359 g/mol. The van der Waals surface area contributed by atoms with E-state index in [2.05, 4.69) is 12.2 Å². The quantitative estimate of drug-likeness (QED) is 0.405. The minimum absolute atomic E-state index is 0.0205. The summed E-state index contributed by atoms with van der Waals surface area (Å²) in [7, 11) is 0. The van der Waals surface area contributed by atoms with Gasteiger partial charge in [-0.25, -0.2) is 0 Å². The van der Waals surface area contributed by atoms with E-state index in [4.69, 9.17) is 0 Å². The number of benzene rings is 1. The molecule has 0 aliphatic carbocycles. The fourth-order valence-electron chi connectivity index (χ4n) is 2.25. The van der Waals surface area contributed by atoms with E-state index in [0.717, 1.165) is 30.2 Å². The summed E-state index contributed by atoms with van der Waals surface area (Å²) in [6.07, 6.45) is 12.8. The molecule has 1 rings (SSSR count). The van der Waals surface area contributed by atoms with Crippen LogP contribution in [0.25, 0.3) is 6.08 Å². The van der Waals surface area contributed by atoms with Crippen molar-refractivity contribution in [1.29, 1.82) is 0 Å². The molecular weight excluding hydrogens is 330 g/mol. The molecule has 0 atom stereocenters. The van der Waals surface area contributed by atoms with Crippen LogP contribution in [-0.4, -0.2) is 17.6 Å². The third-order valence-corrected chi connectivity index (χ3v) is 4.34. The zero-order valence-electron chi connectivity index (χ0n) is 15.1. The molecule has 0 heterocycles. The van der Waals surface area contributed by atoms with Gasteiger partial charge in [-0.15, -0.1) is 0 Å². The molecule has 0 saturated heterocycles. The molecule has 136 valence electrons. The fraction of sp³-hybridized carbons (Fsp3) is 0.429. The first-order chi connectivity index (χ1) is 12.2. The van der Waals surface area contributed by atoms with Gasteiger partial charge in [-0.05, 0) is 17.4 Å². The van der Waals surface area contributed by atoms with Crippen LogP contribution in [0.4, 0.5) is 0 Å². The number of amides is 1. The normalized spacial score (nSPS) is 11.2. The maximum atomic E-state index is 11.7. The second kappa shape index (κ2) is 14.5. The maximum absolute atomic E-state index is 11.7. The highest BCUT2D eigenvalue weighted by Gasteiger charge is 1.99. The number of rotatable bonds is 12. The number of carbonyl (C=O) groups is 2. The summed E-state index contributed by atoms with van der Waals surface area (Å²) >= 11 is 1.06. The van der Waals surface area contributed by atoms with Crippen LogP contribution in [0.5, 0.6) is 0 Å². The van der Waals surface area contributed by atoms with Gasteiger partial charge in [0.1, 0.15) is 0 Å². The third kappa shape index (κ3) is 12.2. The fourth-order valence-corrected chi connectivity index (χ4v) is 2.79. The van der Waals surface area contributed by atoms with Crippen LogP contribution in [0.3, 0.4) is 0 Å². The van der Waals surface area contributed by atoms with Gasteiger partial charge in [0.2, 0.25) is 5.91 Å². The SMILES string of the molecule is CCCCCCCCNC(=O)/C=C\SC(=O)CC=Cc1ccccc1. The number of hydrogen-bond acceptors (Lipinski definition) is 3. The lowest BCUT2D eigenvalue weighted by atomic mass is 10.1. The molecule has 25 heavy (non-hydrogen) atoms. The Morgan fingerprint density at radius 1 is 1.04 bits per heavy atom. The van der Waals surface area contributed by atoms with Gasteiger partial charge in [-0.3, -0.25) is 9.59 Å². The molecule has 0 spiro atoms. The summed E-state index contributed by atoms with van der Waals surface area (Å²) in [5.74, 6) is -0.131. The van der Waals surface area contributed by atoms with E-state index in [-0.39, 0.29) is 11.0 Å². The van der Waals surface area contributed by atoms with Crippen molar-refractivity contribution in [2.45, 2.75) is 51.9 Å². The average molecular weight is 360 g/mol. The topological polar surface area (TPSA) is 46.2 Å². The number of nitrogens with one attached hydrogen (secondary N) is 1. The van der Waals surface area contributed by atoms with Crippen molar-refractivity contribution < 1.29 is 9.59 Å². The van der Waals surface area contributed by atoms with Crippen molar-refractivity contribution in [3.63, 3.8) is 0 Å². The Labute approximate surface area is 156 Å². The Bertz CT molecular complexity index is 552. The van der Waals surface area contributed by atoms with Gasteiger partial charge in [-0.2, -0.15) is 0 Å². The van der Waals surface area contributed by atoms with Gasteiger partial charge in [0.15, 0.2) is 5.12 Å². The summed E-state index contributed by atoms with van der Waals surface area (Å²) in [4.78, 5) is 23.4. The minimum Gasteiger partial charge on any atom is -0.353 e. The van der Waals surface area contributed by atoms with E-state index in [1.165, 1.54) is 31.8 Å². The Morgan fingerprint density at radius 2 is 1.76 bits per heavy atom. The first-order valence-electron chi connectivity index (χ1n) is 9.08. The molecule has 0 aliphatic rings. The maximum Gasteiger partial charge on any atom is 0.244 e. The second-order valence-corrected chi connectivity index (χ2v) is 6.83. The van der Waals surface area contributed by atoms with Crippen molar-refractivity contribution in [3.05, 3.63) is 53.5 Å². The molecule has 0 aromatic heterocycles. The van der Waals surface area contributed by atoms with Crippen molar-refractivity contribution >= 4 is 28.9 Å². The van der Waals surface area contributed by atoms with Gasteiger partial charge in [0.05, 0.1) is 0 Å². The molecule has 3 nitrogen and oxygen atoms in total. The second-order valence-electron chi connectivity index (χ2n) is 5.87. The third-order valence-electron chi connectivity index (χ3n) is 3.64. The van der Waals surface area contributed by atoms with Crippen LogP contribution in [0.1, 0.15) is 57.4 Å². The minimum atomic E-state index is -0.131. The molecule has 0 radical (unpaired) electrons. The highest BCUT2D eigenvalue weighted by atomic mass is 32.2. The zero-order valence-corrected chi connectivity index (χ0v) is 15.9. The number of carbonyl (C=O) groups excluding carboxylic acids is 2. The summed E-state index contributed by atoms with van der Waals surface area (Å²) in [5, 5.41) is 4.43. The first-order valence-corrected chi connectivity index (χ1v) is 9.95. The first kappa shape index (κ1) is 21.2. The molecule has 0 saturated carbocycles. The number of unbranched alkanes of at least 4 members (excludes halogenated alkanes) is 5. The standard InChI is InChI=1S/C21H29NO2S/c1-2-3-4-5-6-10-17-22-20(23)16-18-25-21(24)15-11-14-19-12-8-7-9-13-19/h7-9,11-14,16,18H,2-6,10,15,17H2,1H3,(H,22,23)/b14-11?,18-16-. The molecule has 1 N–H and O–H groups in total. The van der Waals surface area contributed by atoms with Gasteiger partial charge < -0.3 is 5.32 Å². The number of hydrogen-bond donors (Lipinski definition) is 1. The van der Waals surface area contributed by atoms with Gasteiger partial charge in [0.25, 0.3) is 0 Å². The number of allylic oxidation sites excluding steroid dienone is 1. The van der Waals surface area contributed by atoms with Crippen LogP contribution < -0.4 is 5.32 Å². The summed E-state index contributed by atoms with van der Waals surface area (Å²) in [5.41, 5.74) is 1.07. The molecule has 0 aliphatic heterocycles. The molecular formula is C21H29NO2S. The predicted molar refractivity (Wildman–Crippen MR) is 108 cm³/mol. The van der Waals surface area contributed by atoms with Crippen molar-refractivity contribution in [1.82, 2.24) is 5.32 Å². The largest absolute Gasteiger partial charge is 0.353 e. The smallest absolute Gasteiger partial charge is 0.244 e.